The molecule has 0 aromatic rings. The predicted molar refractivity (Wildman–Crippen MR) is 53.0 cm³/mol. The van der Waals surface area contributed by atoms with Gasteiger partial charge in [-0.1, -0.05) is 0 Å². The van der Waals surface area contributed by atoms with Crippen LogP contribution in [0, 0.1) is 0 Å². The molecule has 0 bridgehead atoms. The second kappa shape index (κ2) is 3.51. The van der Waals surface area contributed by atoms with E-state index in [1.165, 1.54) is 0 Å². The van der Waals surface area contributed by atoms with E-state index in [2.05, 4.69) is 4.90 Å². The van der Waals surface area contributed by atoms with Gasteiger partial charge in [-0.3, -0.25) is 9.69 Å². The van der Waals surface area contributed by atoms with Crippen LogP contribution in [0.5, 0.6) is 0 Å². The minimum atomic E-state index is -0.649. The molecule has 1 aliphatic heterocycles. The van der Waals surface area contributed by atoms with Crippen molar-refractivity contribution in [3.63, 3.8) is 0 Å². The van der Waals surface area contributed by atoms with Gasteiger partial charge in [0.25, 0.3) is 0 Å². The monoisotopic (exact) mass is 198 g/mol. The van der Waals surface area contributed by atoms with E-state index < -0.39 is 11.5 Å². The number of carbonyl (C=O) groups is 1. The zero-order valence-electron chi connectivity index (χ0n) is 8.41. The van der Waals surface area contributed by atoms with Gasteiger partial charge in [-0.25, -0.2) is 0 Å². The Balaban J connectivity index is 2.15. The number of carboxylic acids is 1. The van der Waals surface area contributed by atoms with Gasteiger partial charge in [0.15, 0.2) is 0 Å². The summed E-state index contributed by atoms with van der Waals surface area (Å²) in [5, 5.41) is 9.27. The minimum absolute atomic E-state index is 0.298. The summed E-state index contributed by atoms with van der Waals surface area (Å²) in [4.78, 5) is 13.4. The van der Waals surface area contributed by atoms with E-state index in [1.54, 1.807) is 0 Å². The maximum Gasteiger partial charge on any atom is 0.324 e. The van der Waals surface area contributed by atoms with Crippen molar-refractivity contribution in [3.05, 3.63) is 0 Å². The molecule has 0 spiro atoms. The maximum absolute atomic E-state index is 11.3. The Labute approximate surface area is 84.1 Å². The van der Waals surface area contributed by atoms with Crippen molar-refractivity contribution in [2.24, 2.45) is 5.73 Å². The van der Waals surface area contributed by atoms with E-state index in [-0.39, 0.29) is 0 Å². The van der Waals surface area contributed by atoms with Gasteiger partial charge in [-0.15, -0.1) is 0 Å². The molecule has 1 atom stereocenters. The molecular weight excluding hydrogens is 180 g/mol. The normalized spacial score (nSPS) is 31.4. The topological polar surface area (TPSA) is 66.6 Å². The van der Waals surface area contributed by atoms with Gasteiger partial charge in [0.05, 0.1) is 0 Å². The second-order valence-electron chi connectivity index (χ2n) is 4.42. The van der Waals surface area contributed by atoms with Gasteiger partial charge in [-0.2, -0.15) is 0 Å². The fourth-order valence-electron chi connectivity index (χ4n) is 2.78. The van der Waals surface area contributed by atoms with E-state index in [1.807, 2.05) is 0 Å². The van der Waals surface area contributed by atoms with E-state index in [4.69, 9.17) is 5.73 Å². The van der Waals surface area contributed by atoms with E-state index in [0.717, 1.165) is 38.6 Å². The average molecular weight is 198 g/mol. The summed E-state index contributed by atoms with van der Waals surface area (Å²) < 4.78 is 0. The summed E-state index contributed by atoms with van der Waals surface area (Å²) in [7, 11) is 0. The first-order valence-corrected chi connectivity index (χ1v) is 5.41. The molecule has 2 rings (SSSR count). The van der Waals surface area contributed by atoms with Gasteiger partial charge >= 0.3 is 5.97 Å². The quantitative estimate of drug-likeness (QED) is 0.689. The first-order valence-electron chi connectivity index (χ1n) is 5.41. The molecule has 3 N–H and O–H groups in total. The van der Waals surface area contributed by atoms with Crippen molar-refractivity contribution < 1.29 is 9.90 Å². The van der Waals surface area contributed by atoms with Crippen LogP contribution in [-0.2, 0) is 4.79 Å². The van der Waals surface area contributed by atoms with Crippen LogP contribution >= 0.6 is 0 Å². The number of carboxylic acid groups (broad SMARTS) is 1. The SMILES string of the molecule is NC[C@H]1CCCN1C1(C(=O)O)CCC1. The van der Waals surface area contributed by atoms with Crippen LogP contribution in [0.4, 0.5) is 0 Å². The van der Waals surface area contributed by atoms with Crippen LogP contribution in [0.2, 0.25) is 0 Å². The van der Waals surface area contributed by atoms with Crippen molar-refractivity contribution in [1.29, 1.82) is 0 Å². The highest BCUT2D eigenvalue weighted by Gasteiger charge is 2.52. The number of aliphatic carboxylic acids is 1. The summed E-state index contributed by atoms with van der Waals surface area (Å²) in [6.45, 7) is 1.50. The molecule has 4 nitrogen and oxygen atoms in total. The van der Waals surface area contributed by atoms with Crippen LogP contribution in [0.1, 0.15) is 32.1 Å². The van der Waals surface area contributed by atoms with Gasteiger partial charge in [0.2, 0.25) is 0 Å². The Kier molecular flexibility index (Phi) is 2.49. The van der Waals surface area contributed by atoms with Crippen LogP contribution < -0.4 is 5.73 Å². The number of rotatable bonds is 3. The average Bonchev–Trinajstić information content (AvgIpc) is 2.50. The fourth-order valence-corrected chi connectivity index (χ4v) is 2.78. The molecule has 2 aliphatic rings. The number of likely N-dealkylation sites (tertiary alicyclic amines) is 1. The molecule has 1 heterocycles. The lowest BCUT2D eigenvalue weighted by atomic mass is 9.75. The highest BCUT2D eigenvalue weighted by molar-refractivity contribution is 5.80. The molecule has 2 fully saturated rings. The zero-order chi connectivity index (χ0) is 10.2. The largest absolute Gasteiger partial charge is 0.480 e. The summed E-state index contributed by atoms with van der Waals surface area (Å²) in [5.41, 5.74) is 5.11. The van der Waals surface area contributed by atoms with Crippen molar-refractivity contribution in [1.82, 2.24) is 4.90 Å². The number of hydrogen-bond acceptors (Lipinski definition) is 3. The standard InChI is InChI=1S/C10H18N2O2/c11-7-8-3-1-6-12(8)10(9(13)14)4-2-5-10/h8H,1-7,11H2,(H,13,14)/t8-/m1/s1. The molecule has 1 aliphatic carbocycles. The summed E-state index contributed by atoms with van der Waals surface area (Å²) >= 11 is 0. The predicted octanol–water partition coefficient (Wildman–Crippen LogP) is 0.417. The number of hydrogen-bond donors (Lipinski definition) is 2. The lowest BCUT2D eigenvalue weighted by Gasteiger charge is -2.47. The summed E-state index contributed by atoms with van der Waals surface area (Å²) in [6, 6.07) is 0.298. The Hall–Kier alpha value is -0.610. The van der Waals surface area contributed by atoms with Gasteiger partial charge in [-0.05, 0) is 38.6 Å². The lowest BCUT2D eigenvalue weighted by molar-refractivity contribution is -0.159. The molecule has 0 unspecified atom stereocenters. The van der Waals surface area contributed by atoms with Crippen LogP contribution in [0.15, 0.2) is 0 Å². The Morgan fingerprint density at radius 1 is 1.50 bits per heavy atom. The molecule has 14 heavy (non-hydrogen) atoms. The molecule has 1 saturated heterocycles. The first-order chi connectivity index (χ1) is 6.70. The fraction of sp³-hybridized carbons (Fsp3) is 0.900. The Bertz CT molecular complexity index is 238. The third-order valence-electron chi connectivity index (χ3n) is 3.78. The Morgan fingerprint density at radius 2 is 2.21 bits per heavy atom. The summed E-state index contributed by atoms with van der Waals surface area (Å²) in [6.07, 6.45) is 4.81. The highest BCUT2D eigenvalue weighted by atomic mass is 16.4. The van der Waals surface area contributed by atoms with Gasteiger partial charge in [0, 0.05) is 12.6 Å². The zero-order valence-corrected chi connectivity index (χ0v) is 8.41. The van der Waals surface area contributed by atoms with Crippen LogP contribution in [0.3, 0.4) is 0 Å². The van der Waals surface area contributed by atoms with E-state index in [0.29, 0.717) is 12.6 Å². The molecule has 0 aromatic carbocycles. The molecule has 0 amide bonds. The third-order valence-corrected chi connectivity index (χ3v) is 3.78. The summed E-state index contributed by atoms with van der Waals surface area (Å²) in [5.74, 6) is -0.649. The lowest BCUT2D eigenvalue weighted by Crippen LogP contribution is -2.61. The molecule has 0 radical (unpaired) electrons. The van der Waals surface area contributed by atoms with Crippen LogP contribution in [-0.4, -0.2) is 40.6 Å². The number of nitrogens with two attached hydrogens (primary N) is 1. The third kappa shape index (κ3) is 1.25. The molecule has 4 heteroatoms. The number of nitrogens with zero attached hydrogens (tertiary/aromatic N) is 1. The minimum Gasteiger partial charge on any atom is -0.480 e. The van der Waals surface area contributed by atoms with Crippen molar-refractivity contribution in [3.8, 4) is 0 Å². The smallest absolute Gasteiger partial charge is 0.324 e. The molecular formula is C10H18N2O2. The van der Waals surface area contributed by atoms with Gasteiger partial charge in [0.1, 0.15) is 5.54 Å². The Morgan fingerprint density at radius 3 is 2.64 bits per heavy atom. The second-order valence-corrected chi connectivity index (χ2v) is 4.42. The van der Waals surface area contributed by atoms with Crippen molar-refractivity contribution in [2.45, 2.75) is 43.7 Å². The van der Waals surface area contributed by atoms with Crippen molar-refractivity contribution in [2.75, 3.05) is 13.1 Å². The molecule has 80 valence electrons. The van der Waals surface area contributed by atoms with Crippen LogP contribution in [0.25, 0.3) is 0 Å². The highest BCUT2D eigenvalue weighted by Crippen LogP contribution is 2.41. The molecule has 1 saturated carbocycles. The first kappa shape index (κ1) is 9.93. The maximum atomic E-state index is 11.3. The van der Waals surface area contributed by atoms with E-state index in [9.17, 15) is 9.90 Å². The van der Waals surface area contributed by atoms with Gasteiger partial charge < -0.3 is 10.8 Å². The molecule has 0 aromatic heterocycles. The van der Waals surface area contributed by atoms with E-state index >= 15 is 0 Å². The van der Waals surface area contributed by atoms with Crippen molar-refractivity contribution >= 4 is 5.97 Å².